The highest BCUT2D eigenvalue weighted by Gasteiger charge is 2.28. The highest BCUT2D eigenvalue weighted by molar-refractivity contribution is 5.74. The van der Waals surface area contributed by atoms with Gasteiger partial charge >= 0.3 is 0 Å². The summed E-state index contributed by atoms with van der Waals surface area (Å²) in [5, 5.41) is 0. The fraction of sp³-hybridized carbons (Fsp3) is 0.562. The van der Waals surface area contributed by atoms with Crippen molar-refractivity contribution in [2.45, 2.75) is 45.3 Å². The number of para-hydroxylation sites is 2. The number of ether oxygens (including phenoxy) is 1. The molecule has 1 fully saturated rings. The van der Waals surface area contributed by atoms with Gasteiger partial charge in [0, 0.05) is 6.54 Å². The van der Waals surface area contributed by atoms with Crippen LogP contribution in [0.4, 0.5) is 6.01 Å². The third-order valence-corrected chi connectivity index (χ3v) is 4.05. The molecule has 0 spiro atoms. The molecule has 1 aliphatic heterocycles. The van der Waals surface area contributed by atoms with Gasteiger partial charge in [0.05, 0.1) is 18.8 Å². The Morgan fingerprint density at radius 2 is 2.30 bits per heavy atom. The number of oxazole rings is 1. The molecule has 0 amide bonds. The summed E-state index contributed by atoms with van der Waals surface area (Å²) in [6.45, 7) is 6.03. The highest BCUT2D eigenvalue weighted by Crippen LogP contribution is 2.28. The Bertz CT molecular complexity index is 533. The maximum absolute atomic E-state index is 5.89. The molecule has 0 radical (unpaired) electrons. The van der Waals surface area contributed by atoms with Crippen LogP contribution in [0.15, 0.2) is 28.7 Å². The predicted octanol–water partition coefficient (Wildman–Crippen LogP) is 3.61. The highest BCUT2D eigenvalue weighted by atomic mass is 16.5. The van der Waals surface area contributed by atoms with Gasteiger partial charge in [0.1, 0.15) is 5.52 Å². The van der Waals surface area contributed by atoms with E-state index in [0.717, 1.165) is 43.1 Å². The molecule has 0 aliphatic carbocycles. The lowest BCUT2D eigenvalue weighted by atomic mass is 10.2. The molecule has 3 rings (SSSR count). The van der Waals surface area contributed by atoms with Crippen LogP contribution in [0.25, 0.3) is 11.1 Å². The van der Waals surface area contributed by atoms with Gasteiger partial charge in [-0.2, -0.15) is 4.98 Å². The first kappa shape index (κ1) is 13.4. The Hall–Kier alpha value is -1.55. The number of rotatable bonds is 5. The van der Waals surface area contributed by atoms with Crippen LogP contribution in [0.3, 0.4) is 0 Å². The van der Waals surface area contributed by atoms with Crippen LogP contribution in [0.5, 0.6) is 0 Å². The number of hydrogen-bond acceptors (Lipinski definition) is 4. The topological polar surface area (TPSA) is 38.5 Å². The SMILES string of the molecule is CCC(C)OC[C@@H]1CCCN1c1nc2ccccc2o1. The van der Waals surface area contributed by atoms with E-state index in [1.54, 1.807) is 0 Å². The van der Waals surface area contributed by atoms with Crippen molar-refractivity contribution >= 4 is 17.1 Å². The van der Waals surface area contributed by atoms with Gasteiger partial charge in [-0.15, -0.1) is 0 Å². The summed E-state index contributed by atoms with van der Waals surface area (Å²) in [6.07, 6.45) is 3.69. The molecular formula is C16H22N2O2. The van der Waals surface area contributed by atoms with Crippen molar-refractivity contribution in [1.29, 1.82) is 0 Å². The first-order chi connectivity index (χ1) is 9.78. The van der Waals surface area contributed by atoms with Gasteiger partial charge in [-0.3, -0.25) is 0 Å². The molecule has 1 saturated heterocycles. The lowest BCUT2D eigenvalue weighted by Gasteiger charge is -2.24. The van der Waals surface area contributed by atoms with Gasteiger partial charge in [0.15, 0.2) is 5.58 Å². The van der Waals surface area contributed by atoms with E-state index in [1.807, 2.05) is 24.3 Å². The molecule has 2 atom stereocenters. The van der Waals surface area contributed by atoms with Crippen LogP contribution >= 0.6 is 0 Å². The van der Waals surface area contributed by atoms with Gasteiger partial charge in [0.25, 0.3) is 6.01 Å². The maximum atomic E-state index is 5.89. The summed E-state index contributed by atoms with van der Waals surface area (Å²) < 4.78 is 11.8. The van der Waals surface area contributed by atoms with Crippen LogP contribution in [-0.2, 0) is 4.74 Å². The van der Waals surface area contributed by atoms with Crippen molar-refractivity contribution in [3.05, 3.63) is 24.3 Å². The van der Waals surface area contributed by atoms with Crippen molar-refractivity contribution in [2.24, 2.45) is 0 Å². The molecule has 2 heterocycles. The van der Waals surface area contributed by atoms with Crippen LogP contribution in [0.2, 0.25) is 0 Å². The largest absolute Gasteiger partial charge is 0.423 e. The Morgan fingerprint density at radius 1 is 1.45 bits per heavy atom. The smallest absolute Gasteiger partial charge is 0.298 e. The summed E-state index contributed by atoms with van der Waals surface area (Å²) in [7, 11) is 0. The average Bonchev–Trinajstić information content (AvgIpc) is 3.10. The monoisotopic (exact) mass is 274 g/mol. The van der Waals surface area contributed by atoms with Gasteiger partial charge in [0.2, 0.25) is 0 Å². The van der Waals surface area contributed by atoms with E-state index in [4.69, 9.17) is 9.15 Å². The Kier molecular flexibility index (Phi) is 3.92. The molecule has 4 nitrogen and oxygen atoms in total. The third-order valence-electron chi connectivity index (χ3n) is 4.05. The fourth-order valence-corrected chi connectivity index (χ4v) is 2.64. The molecule has 0 N–H and O–H groups in total. The molecule has 2 aromatic rings. The van der Waals surface area contributed by atoms with Crippen molar-refractivity contribution in [2.75, 3.05) is 18.1 Å². The minimum atomic E-state index is 0.320. The van der Waals surface area contributed by atoms with E-state index in [0.29, 0.717) is 12.1 Å². The summed E-state index contributed by atoms with van der Waals surface area (Å²) in [5.41, 5.74) is 1.78. The van der Waals surface area contributed by atoms with E-state index < -0.39 is 0 Å². The zero-order valence-electron chi connectivity index (χ0n) is 12.2. The van der Waals surface area contributed by atoms with Gasteiger partial charge in [-0.25, -0.2) is 0 Å². The van der Waals surface area contributed by atoms with Gasteiger partial charge in [-0.1, -0.05) is 19.1 Å². The molecule has 1 unspecified atom stereocenters. The Morgan fingerprint density at radius 3 is 3.10 bits per heavy atom. The van der Waals surface area contributed by atoms with E-state index in [1.165, 1.54) is 6.42 Å². The summed E-state index contributed by atoms with van der Waals surface area (Å²) in [6, 6.07) is 9.04. The second-order valence-corrected chi connectivity index (χ2v) is 5.51. The van der Waals surface area contributed by atoms with Crippen molar-refractivity contribution in [3.8, 4) is 0 Å². The van der Waals surface area contributed by atoms with E-state index in [2.05, 4.69) is 23.7 Å². The maximum Gasteiger partial charge on any atom is 0.298 e. The zero-order chi connectivity index (χ0) is 13.9. The number of anilines is 1. The molecule has 108 valence electrons. The normalized spacial score (nSPS) is 20.7. The first-order valence-corrected chi connectivity index (χ1v) is 7.51. The fourth-order valence-electron chi connectivity index (χ4n) is 2.64. The number of benzene rings is 1. The quantitative estimate of drug-likeness (QED) is 0.835. The second-order valence-electron chi connectivity index (χ2n) is 5.51. The summed E-state index contributed by atoms with van der Waals surface area (Å²) >= 11 is 0. The number of hydrogen-bond donors (Lipinski definition) is 0. The molecule has 20 heavy (non-hydrogen) atoms. The lowest BCUT2D eigenvalue weighted by Crippen LogP contribution is -2.34. The van der Waals surface area contributed by atoms with E-state index in [9.17, 15) is 0 Å². The van der Waals surface area contributed by atoms with Crippen molar-refractivity contribution in [3.63, 3.8) is 0 Å². The summed E-state index contributed by atoms with van der Waals surface area (Å²) in [4.78, 5) is 6.85. The van der Waals surface area contributed by atoms with Crippen molar-refractivity contribution < 1.29 is 9.15 Å². The standard InChI is InChI=1S/C16H22N2O2/c1-3-12(2)19-11-13-7-6-10-18(13)16-17-14-8-4-5-9-15(14)20-16/h4-5,8-9,12-13H,3,6-7,10-11H2,1-2H3/t12?,13-/m0/s1. The third kappa shape index (κ3) is 2.66. The second kappa shape index (κ2) is 5.83. The molecule has 1 aromatic carbocycles. The first-order valence-electron chi connectivity index (χ1n) is 7.51. The number of aromatic nitrogens is 1. The molecule has 4 heteroatoms. The van der Waals surface area contributed by atoms with E-state index >= 15 is 0 Å². The van der Waals surface area contributed by atoms with Crippen LogP contribution in [0, 0.1) is 0 Å². The molecule has 1 aromatic heterocycles. The molecule has 1 aliphatic rings. The minimum absolute atomic E-state index is 0.320. The van der Waals surface area contributed by atoms with Crippen molar-refractivity contribution in [1.82, 2.24) is 4.98 Å². The van der Waals surface area contributed by atoms with Gasteiger partial charge < -0.3 is 14.1 Å². The number of nitrogens with zero attached hydrogens (tertiary/aromatic N) is 2. The van der Waals surface area contributed by atoms with Crippen LogP contribution in [-0.4, -0.2) is 30.3 Å². The lowest BCUT2D eigenvalue weighted by molar-refractivity contribution is 0.0541. The Balaban J connectivity index is 1.74. The average molecular weight is 274 g/mol. The molecule has 0 saturated carbocycles. The molecular weight excluding hydrogens is 252 g/mol. The van der Waals surface area contributed by atoms with E-state index in [-0.39, 0.29) is 0 Å². The number of fused-ring (bicyclic) bond motifs is 1. The summed E-state index contributed by atoms with van der Waals surface area (Å²) in [5.74, 6) is 0. The zero-order valence-corrected chi connectivity index (χ0v) is 12.2. The minimum Gasteiger partial charge on any atom is -0.423 e. The van der Waals surface area contributed by atoms with Crippen LogP contribution in [0.1, 0.15) is 33.1 Å². The van der Waals surface area contributed by atoms with Crippen LogP contribution < -0.4 is 4.90 Å². The van der Waals surface area contributed by atoms with Gasteiger partial charge in [-0.05, 0) is 38.3 Å². The predicted molar refractivity (Wildman–Crippen MR) is 80.1 cm³/mol. The molecule has 0 bridgehead atoms. The Labute approximate surface area is 119 Å².